The van der Waals surface area contributed by atoms with Crippen LogP contribution >= 0.6 is 11.6 Å². The average molecular weight is 664 g/mol. The Morgan fingerprint density at radius 3 is 2.38 bits per heavy atom. The van der Waals surface area contributed by atoms with Gasteiger partial charge in [0, 0.05) is 46.6 Å². The first-order chi connectivity index (χ1) is 21.1. The molecular formula is C32H33ClF3N3O5S. The minimum absolute atomic E-state index is 0.00855. The standard InChI is InChI=1S/C32H33ClF3N3O5S/c1-5-23-24-11-8-20(14-29(24)44-28(23)13-19-7-9-21(33)15-25(19)32(34,35)36)31(41)39-27(17-38-30(40)18(3)4)26-12-10-22(16-37-26)45(42,43)6-2/h7-12,14-16,18,27H,5-6,13,17H2,1-4H3,(H,38,40)(H,39,41)/t27-/m0/s1. The number of sulfone groups is 1. The quantitative estimate of drug-likeness (QED) is 0.185. The van der Waals surface area contributed by atoms with Crippen LogP contribution in [0.1, 0.15) is 72.2 Å². The van der Waals surface area contributed by atoms with E-state index in [9.17, 15) is 31.2 Å². The van der Waals surface area contributed by atoms with Gasteiger partial charge >= 0.3 is 6.18 Å². The molecule has 0 bridgehead atoms. The Balaban J connectivity index is 1.64. The zero-order valence-electron chi connectivity index (χ0n) is 25.1. The van der Waals surface area contributed by atoms with Crippen molar-refractivity contribution in [3.8, 4) is 0 Å². The molecule has 0 aliphatic carbocycles. The molecule has 2 N–H and O–H groups in total. The number of carbonyl (C=O) groups excluding carboxylic acids is 2. The Morgan fingerprint density at radius 2 is 1.78 bits per heavy atom. The number of amides is 2. The van der Waals surface area contributed by atoms with Gasteiger partial charge in [-0.2, -0.15) is 13.2 Å². The summed E-state index contributed by atoms with van der Waals surface area (Å²) in [5.41, 5.74) is 0.755. The largest absolute Gasteiger partial charge is 0.460 e. The molecule has 45 heavy (non-hydrogen) atoms. The van der Waals surface area contributed by atoms with Gasteiger partial charge in [0.15, 0.2) is 9.84 Å². The highest BCUT2D eigenvalue weighted by Gasteiger charge is 2.34. The fourth-order valence-electron chi connectivity index (χ4n) is 4.84. The molecule has 1 atom stereocenters. The van der Waals surface area contributed by atoms with Crippen molar-refractivity contribution in [3.05, 3.63) is 93.5 Å². The van der Waals surface area contributed by atoms with Gasteiger partial charge in [-0.05, 0) is 48.4 Å². The molecule has 0 aliphatic rings. The number of hydrogen-bond acceptors (Lipinski definition) is 6. The van der Waals surface area contributed by atoms with E-state index in [1.165, 1.54) is 43.5 Å². The number of fused-ring (bicyclic) bond motifs is 1. The van der Waals surface area contributed by atoms with Crippen LogP contribution in [-0.2, 0) is 33.6 Å². The van der Waals surface area contributed by atoms with Crippen LogP contribution in [0.5, 0.6) is 0 Å². The number of hydrogen-bond donors (Lipinski definition) is 2. The van der Waals surface area contributed by atoms with Crippen molar-refractivity contribution in [1.29, 1.82) is 0 Å². The monoisotopic (exact) mass is 663 g/mol. The normalized spacial score (nSPS) is 12.8. The molecular weight excluding hydrogens is 631 g/mol. The summed E-state index contributed by atoms with van der Waals surface area (Å²) in [6.07, 6.45) is -3.03. The summed E-state index contributed by atoms with van der Waals surface area (Å²) in [7, 11) is -3.49. The number of furan rings is 1. The molecule has 4 aromatic rings. The molecule has 13 heteroatoms. The van der Waals surface area contributed by atoms with Gasteiger partial charge in [0.05, 0.1) is 27.9 Å². The lowest BCUT2D eigenvalue weighted by Gasteiger charge is -2.20. The Hall–Kier alpha value is -3.90. The molecule has 2 aromatic heterocycles. The van der Waals surface area contributed by atoms with Crippen molar-refractivity contribution in [2.75, 3.05) is 12.3 Å². The molecule has 8 nitrogen and oxygen atoms in total. The Morgan fingerprint density at radius 1 is 1.04 bits per heavy atom. The van der Waals surface area contributed by atoms with E-state index < -0.39 is 33.5 Å². The maximum atomic E-state index is 13.7. The van der Waals surface area contributed by atoms with E-state index in [4.69, 9.17) is 16.0 Å². The van der Waals surface area contributed by atoms with Gasteiger partial charge in [0.2, 0.25) is 5.91 Å². The molecule has 0 unspecified atom stereocenters. The second-order valence-corrected chi connectivity index (χ2v) is 13.5. The maximum absolute atomic E-state index is 13.7. The summed E-state index contributed by atoms with van der Waals surface area (Å²) in [5, 5.41) is 6.25. The average Bonchev–Trinajstić information content (AvgIpc) is 3.35. The fourth-order valence-corrected chi connectivity index (χ4v) is 5.83. The van der Waals surface area contributed by atoms with E-state index in [-0.39, 0.29) is 51.6 Å². The number of carbonyl (C=O) groups is 2. The van der Waals surface area contributed by atoms with E-state index >= 15 is 0 Å². The van der Waals surface area contributed by atoms with Crippen LogP contribution in [0.4, 0.5) is 13.2 Å². The second kappa shape index (κ2) is 13.6. The first-order valence-electron chi connectivity index (χ1n) is 14.3. The number of benzene rings is 2. The summed E-state index contributed by atoms with van der Waals surface area (Å²) >= 11 is 5.84. The number of halogens is 4. The van der Waals surface area contributed by atoms with Crippen molar-refractivity contribution in [3.63, 3.8) is 0 Å². The number of rotatable bonds is 11. The smallest absolute Gasteiger partial charge is 0.416 e. The molecule has 240 valence electrons. The highest BCUT2D eigenvalue weighted by atomic mass is 35.5. The third kappa shape index (κ3) is 7.85. The highest BCUT2D eigenvalue weighted by Crippen LogP contribution is 2.36. The molecule has 4 rings (SSSR count). The van der Waals surface area contributed by atoms with Crippen LogP contribution in [0, 0.1) is 5.92 Å². The third-order valence-electron chi connectivity index (χ3n) is 7.39. The van der Waals surface area contributed by atoms with Crippen LogP contribution in [0.15, 0.2) is 64.0 Å². The Labute approximate surface area is 264 Å². The summed E-state index contributed by atoms with van der Waals surface area (Å²) in [6.45, 7) is 6.82. The molecule has 2 heterocycles. The molecule has 0 radical (unpaired) electrons. The lowest BCUT2D eigenvalue weighted by Crippen LogP contribution is -2.39. The topological polar surface area (TPSA) is 118 Å². The van der Waals surface area contributed by atoms with Gasteiger partial charge < -0.3 is 15.1 Å². The van der Waals surface area contributed by atoms with Crippen molar-refractivity contribution in [1.82, 2.24) is 15.6 Å². The van der Waals surface area contributed by atoms with E-state index in [1.54, 1.807) is 26.0 Å². The number of aromatic nitrogens is 1. The maximum Gasteiger partial charge on any atom is 0.416 e. The first kappa shape index (κ1) is 34.0. The molecule has 2 amide bonds. The summed E-state index contributed by atoms with van der Waals surface area (Å²) in [5.74, 6) is -0.835. The lowest BCUT2D eigenvalue weighted by molar-refractivity contribution is -0.138. The van der Waals surface area contributed by atoms with Gasteiger partial charge in [-0.1, -0.05) is 51.4 Å². The Kier molecular flexibility index (Phi) is 10.3. The number of nitrogens with one attached hydrogen (secondary N) is 2. The van der Waals surface area contributed by atoms with E-state index in [2.05, 4.69) is 15.6 Å². The zero-order valence-corrected chi connectivity index (χ0v) is 26.7. The molecule has 0 saturated carbocycles. The van der Waals surface area contributed by atoms with E-state index in [1.807, 2.05) is 6.92 Å². The third-order valence-corrected chi connectivity index (χ3v) is 9.34. The number of alkyl halides is 3. The lowest BCUT2D eigenvalue weighted by atomic mass is 9.99. The van der Waals surface area contributed by atoms with Crippen LogP contribution < -0.4 is 10.6 Å². The second-order valence-electron chi connectivity index (χ2n) is 10.8. The fraction of sp³-hybridized carbons (Fsp3) is 0.344. The van der Waals surface area contributed by atoms with Crippen molar-refractivity contribution >= 4 is 44.2 Å². The van der Waals surface area contributed by atoms with Crippen molar-refractivity contribution in [2.45, 2.75) is 57.7 Å². The SMILES string of the molecule is CCc1c(Cc2ccc(Cl)cc2C(F)(F)F)oc2cc(C(=O)N[C@@H](CNC(=O)C(C)C)c3ccc(S(=O)(=O)CC)cn3)ccc12. The molecule has 2 aromatic carbocycles. The summed E-state index contributed by atoms with van der Waals surface area (Å²) < 4.78 is 71.7. The number of pyridine rings is 1. The minimum Gasteiger partial charge on any atom is -0.460 e. The van der Waals surface area contributed by atoms with E-state index in [0.29, 0.717) is 28.8 Å². The van der Waals surface area contributed by atoms with Crippen LogP contribution in [0.2, 0.25) is 5.02 Å². The minimum atomic E-state index is -4.60. The van der Waals surface area contributed by atoms with Crippen LogP contribution in [0.25, 0.3) is 11.0 Å². The summed E-state index contributed by atoms with van der Waals surface area (Å²) in [6, 6.07) is 10.5. The van der Waals surface area contributed by atoms with Gasteiger partial charge in [-0.15, -0.1) is 0 Å². The molecule has 0 saturated heterocycles. The van der Waals surface area contributed by atoms with Crippen molar-refractivity contribution in [2.24, 2.45) is 5.92 Å². The first-order valence-corrected chi connectivity index (χ1v) is 16.3. The van der Waals surface area contributed by atoms with Crippen LogP contribution in [0.3, 0.4) is 0 Å². The predicted octanol–water partition coefficient (Wildman–Crippen LogP) is 6.69. The molecule has 0 spiro atoms. The number of aryl methyl sites for hydroxylation is 1. The zero-order chi connectivity index (χ0) is 33.1. The van der Waals surface area contributed by atoms with E-state index in [0.717, 1.165) is 11.6 Å². The van der Waals surface area contributed by atoms with Crippen LogP contribution in [-0.4, -0.2) is 37.5 Å². The van der Waals surface area contributed by atoms with Gasteiger partial charge in [0.25, 0.3) is 5.91 Å². The van der Waals surface area contributed by atoms with Gasteiger partial charge in [0.1, 0.15) is 11.3 Å². The molecule has 0 fully saturated rings. The van der Waals surface area contributed by atoms with Gasteiger partial charge in [-0.3, -0.25) is 14.6 Å². The van der Waals surface area contributed by atoms with Crippen molar-refractivity contribution < 1.29 is 35.6 Å². The highest BCUT2D eigenvalue weighted by molar-refractivity contribution is 7.91. The number of nitrogens with zero attached hydrogens (tertiary/aromatic N) is 1. The Bertz CT molecular complexity index is 1820. The summed E-state index contributed by atoms with van der Waals surface area (Å²) in [4.78, 5) is 30.0. The van der Waals surface area contributed by atoms with Gasteiger partial charge in [-0.25, -0.2) is 8.42 Å². The molecule has 0 aliphatic heterocycles. The predicted molar refractivity (Wildman–Crippen MR) is 165 cm³/mol.